The highest BCUT2D eigenvalue weighted by atomic mass is 19.4. The number of hydrogen-bond donors (Lipinski definition) is 1. The number of nitrogens with zero attached hydrogens (tertiary/aromatic N) is 1. The highest BCUT2D eigenvalue weighted by Crippen LogP contribution is 2.29. The molecule has 0 radical (unpaired) electrons. The fraction of sp³-hybridized carbons (Fsp3) is 1.00. The van der Waals surface area contributed by atoms with Gasteiger partial charge in [-0.3, -0.25) is 0 Å². The molecule has 0 spiro atoms. The molecule has 1 aliphatic heterocycles. The first-order valence-electron chi connectivity index (χ1n) is 5.48. The van der Waals surface area contributed by atoms with Crippen LogP contribution in [-0.2, 0) is 0 Å². The molecule has 2 nitrogen and oxygen atoms in total. The van der Waals surface area contributed by atoms with E-state index in [9.17, 15) is 13.2 Å². The topological polar surface area (TPSA) is 15.3 Å². The van der Waals surface area contributed by atoms with Gasteiger partial charge in [-0.2, -0.15) is 13.2 Å². The average Bonchev–Trinajstić information content (AvgIpc) is 2.13. The van der Waals surface area contributed by atoms with E-state index in [1.54, 1.807) is 0 Å². The molecule has 15 heavy (non-hydrogen) atoms. The molecule has 90 valence electrons. The molecule has 0 aromatic rings. The van der Waals surface area contributed by atoms with Crippen molar-refractivity contribution < 1.29 is 13.2 Å². The molecule has 0 aromatic heterocycles. The van der Waals surface area contributed by atoms with Crippen LogP contribution >= 0.6 is 0 Å². The summed E-state index contributed by atoms with van der Waals surface area (Å²) in [6.45, 7) is 4.46. The quantitative estimate of drug-likeness (QED) is 0.740. The van der Waals surface area contributed by atoms with Gasteiger partial charge < -0.3 is 5.32 Å². The molecule has 1 heterocycles. The van der Waals surface area contributed by atoms with Gasteiger partial charge >= 0.3 is 6.30 Å². The maximum absolute atomic E-state index is 12.6. The van der Waals surface area contributed by atoms with Crippen LogP contribution in [-0.4, -0.2) is 36.4 Å². The van der Waals surface area contributed by atoms with Crippen molar-refractivity contribution in [3.05, 3.63) is 0 Å². The summed E-state index contributed by atoms with van der Waals surface area (Å²) in [5.74, 6) is 0. The lowest BCUT2D eigenvalue weighted by Crippen LogP contribution is -2.52. The van der Waals surface area contributed by atoms with Gasteiger partial charge in [0.2, 0.25) is 0 Å². The van der Waals surface area contributed by atoms with Gasteiger partial charge in [0.05, 0.1) is 0 Å². The zero-order chi connectivity index (χ0) is 11.5. The van der Waals surface area contributed by atoms with Crippen molar-refractivity contribution in [3.63, 3.8) is 0 Å². The van der Waals surface area contributed by atoms with Crippen molar-refractivity contribution in [2.45, 2.75) is 51.5 Å². The van der Waals surface area contributed by atoms with Crippen molar-refractivity contribution in [2.24, 2.45) is 0 Å². The zero-order valence-corrected chi connectivity index (χ0v) is 9.27. The second kappa shape index (κ2) is 5.16. The van der Waals surface area contributed by atoms with Gasteiger partial charge in [-0.25, -0.2) is 4.90 Å². The lowest BCUT2D eigenvalue weighted by molar-refractivity contribution is -0.263. The Morgan fingerprint density at radius 3 is 2.53 bits per heavy atom. The van der Waals surface area contributed by atoms with Crippen molar-refractivity contribution >= 4 is 0 Å². The summed E-state index contributed by atoms with van der Waals surface area (Å²) in [4.78, 5) is 0.673. The average molecular weight is 224 g/mol. The van der Waals surface area contributed by atoms with Crippen molar-refractivity contribution in [1.82, 2.24) is 10.2 Å². The minimum Gasteiger partial charge on any atom is -0.313 e. The highest BCUT2D eigenvalue weighted by Gasteiger charge is 2.42. The Morgan fingerprint density at radius 1 is 1.33 bits per heavy atom. The van der Waals surface area contributed by atoms with E-state index in [2.05, 4.69) is 5.32 Å². The summed E-state index contributed by atoms with van der Waals surface area (Å²) < 4.78 is 37.8. The summed E-state index contributed by atoms with van der Waals surface area (Å²) in [6, 6.07) is -0.150. The van der Waals surface area contributed by atoms with Gasteiger partial charge in [0.25, 0.3) is 0 Å². The standard InChI is InChI=1S/C10H19F3N2/c1-8(2)14-7-9-5-3-4-6-15(9)10(11,12)13/h8-9,14H,3-7H2,1-2H3. The van der Waals surface area contributed by atoms with Gasteiger partial charge in [-0.05, 0) is 12.8 Å². The fourth-order valence-corrected chi connectivity index (χ4v) is 1.92. The van der Waals surface area contributed by atoms with E-state index in [1.807, 2.05) is 13.8 Å². The molecule has 1 fully saturated rings. The number of nitrogens with one attached hydrogen (secondary N) is 1. The number of hydrogen-bond acceptors (Lipinski definition) is 2. The van der Waals surface area contributed by atoms with Crippen molar-refractivity contribution in [2.75, 3.05) is 13.1 Å². The summed E-state index contributed by atoms with van der Waals surface area (Å²) >= 11 is 0. The molecule has 0 aliphatic carbocycles. The first-order valence-corrected chi connectivity index (χ1v) is 5.48. The predicted molar refractivity (Wildman–Crippen MR) is 53.5 cm³/mol. The summed E-state index contributed by atoms with van der Waals surface area (Å²) in [6.07, 6.45) is -1.99. The molecule has 5 heteroatoms. The Kier molecular flexibility index (Phi) is 4.40. The van der Waals surface area contributed by atoms with E-state index < -0.39 is 6.30 Å². The van der Waals surface area contributed by atoms with Gasteiger partial charge in [0, 0.05) is 25.2 Å². The molecule has 1 unspecified atom stereocenters. The number of likely N-dealkylation sites (tertiary alicyclic amines) is 1. The van der Waals surface area contributed by atoms with Crippen LogP contribution in [0.1, 0.15) is 33.1 Å². The van der Waals surface area contributed by atoms with Gasteiger partial charge in [0.15, 0.2) is 0 Å². The first kappa shape index (κ1) is 12.8. The molecule has 1 saturated heterocycles. The number of rotatable bonds is 3. The van der Waals surface area contributed by atoms with Gasteiger partial charge in [-0.15, -0.1) is 0 Å². The molecule has 0 aromatic carbocycles. The zero-order valence-electron chi connectivity index (χ0n) is 9.27. The van der Waals surface area contributed by atoms with Gasteiger partial charge in [-0.1, -0.05) is 20.3 Å². The minimum atomic E-state index is -4.18. The van der Waals surface area contributed by atoms with Crippen LogP contribution in [0.4, 0.5) is 13.2 Å². The fourth-order valence-electron chi connectivity index (χ4n) is 1.92. The molecular weight excluding hydrogens is 205 g/mol. The summed E-state index contributed by atoms with van der Waals surface area (Å²) in [7, 11) is 0. The van der Waals surface area contributed by atoms with Crippen LogP contribution in [0.3, 0.4) is 0 Å². The highest BCUT2D eigenvalue weighted by molar-refractivity contribution is 4.80. The van der Waals surface area contributed by atoms with E-state index >= 15 is 0 Å². The van der Waals surface area contributed by atoms with Crippen molar-refractivity contribution in [1.29, 1.82) is 0 Å². The number of alkyl halides is 3. The second-order valence-electron chi connectivity index (χ2n) is 4.37. The van der Waals surface area contributed by atoms with E-state index in [4.69, 9.17) is 0 Å². The summed E-state index contributed by atoms with van der Waals surface area (Å²) in [5.41, 5.74) is 0. The third kappa shape index (κ3) is 3.99. The Balaban J connectivity index is 2.50. The predicted octanol–water partition coefficient (Wildman–Crippen LogP) is 2.36. The van der Waals surface area contributed by atoms with Gasteiger partial charge in [0.1, 0.15) is 0 Å². The number of piperidine rings is 1. The maximum Gasteiger partial charge on any atom is 0.460 e. The molecule has 1 rings (SSSR count). The Hall–Kier alpha value is -0.290. The molecule has 1 N–H and O–H groups in total. The number of halogens is 3. The lowest BCUT2D eigenvalue weighted by Gasteiger charge is -2.37. The van der Waals surface area contributed by atoms with Crippen molar-refractivity contribution in [3.8, 4) is 0 Å². The maximum atomic E-state index is 12.6. The molecule has 0 bridgehead atoms. The van der Waals surface area contributed by atoms with Crippen LogP contribution in [0.25, 0.3) is 0 Å². The van der Waals surface area contributed by atoms with E-state index in [-0.39, 0.29) is 18.6 Å². The van der Waals surface area contributed by atoms with Crippen LogP contribution in [0.2, 0.25) is 0 Å². The largest absolute Gasteiger partial charge is 0.460 e. The third-order valence-electron chi connectivity index (χ3n) is 2.71. The van der Waals surface area contributed by atoms with Crippen LogP contribution < -0.4 is 5.32 Å². The molecule has 0 saturated carbocycles. The van der Waals surface area contributed by atoms with Crippen LogP contribution in [0, 0.1) is 0 Å². The van der Waals surface area contributed by atoms with Crippen LogP contribution in [0.5, 0.6) is 0 Å². The molecule has 1 aliphatic rings. The van der Waals surface area contributed by atoms with E-state index in [1.165, 1.54) is 0 Å². The van der Waals surface area contributed by atoms with E-state index in [0.717, 1.165) is 6.42 Å². The first-order chi connectivity index (χ1) is 6.91. The smallest absolute Gasteiger partial charge is 0.313 e. The Bertz CT molecular complexity index is 192. The second-order valence-corrected chi connectivity index (χ2v) is 4.37. The Labute approximate surface area is 88.8 Å². The van der Waals surface area contributed by atoms with E-state index in [0.29, 0.717) is 24.3 Å². The van der Waals surface area contributed by atoms with Crippen LogP contribution in [0.15, 0.2) is 0 Å². The molecule has 0 amide bonds. The minimum absolute atomic E-state index is 0.147. The lowest BCUT2D eigenvalue weighted by atomic mass is 10.0. The Morgan fingerprint density at radius 2 is 2.00 bits per heavy atom. The normalized spacial score (nSPS) is 24.8. The SMILES string of the molecule is CC(C)NCC1CCCCN1C(F)(F)F. The summed E-state index contributed by atoms with van der Waals surface area (Å²) in [5, 5.41) is 3.08. The molecule has 1 atom stereocenters. The monoisotopic (exact) mass is 224 g/mol. The molecular formula is C10H19F3N2. The third-order valence-corrected chi connectivity index (χ3v) is 2.71.